The number of methoxy groups -OCH3 is 1. The van der Waals surface area contributed by atoms with Gasteiger partial charge in [0.15, 0.2) is 0 Å². The number of halogens is 1. The zero-order valence-corrected chi connectivity index (χ0v) is 24.5. The third kappa shape index (κ3) is 7.51. The minimum Gasteiger partial charge on any atom is -0.491 e. The van der Waals surface area contributed by atoms with Crippen LogP contribution in [0, 0.1) is 11.8 Å². The quantitative estimate of drug-likeness (QED) is 0.392. The largest absolute Gasteiger partial charge is 0.491 e. The van der Waals surface area contributed by atoms with Crippen LogP contribution in [0.2, 0.25) is 5.02 Å². The maximum absolute atomic E-state index is 13.0. The normalized spacial score (nSPS) is 26.3. The molecule has 2 heterocycles. The third-order valence-electron chi connectivity index (χ3n) is 8.01. The van der Waals surface area contributed by atoms with Gasteiger partial charge in [-0.3, -0.25) is 9.00 Å². The lowest BCUT2D eigenvalue weighted by atomic mass is 9.87. The van der Waals surface area contributed by atoms with E-state index in [0.717, 1.165) is 68.0 Å². The van der Waals surface area contributed by atoms with Gasteiger partial charge in [0.2, 0.25) is 0 Å². The van der Waals surface area contributed by atoms with Crippen molar-refractivity contribution in [2.45, 2.75) is 71.4 Å². The smallest absolute Gasteiger partial charge is 0.284 e. The number of hydrogen-bond donors (Lipinski definition) is 1. The number of thiol groups is 1. The van der Waals surface area contributed by atoms with Crippen molar-refractivity contribution in [3.8, 4) is 5.75 Å². The Morgan fingerprint density at radius 2 is 1.89 bits per heavy atom. The van der Waals surface area contributed by atoms with E-state index in [2.05, 4.69) is 35.2 Å². The van der Waals surface area contributed by atoms with E-state index in [9.17, 15) is 9.00 Å². The zero-order chi connectivity index (χ0) is 27.1. The molecule has 1 amide bonds. The summed E-state index contributed by atoms with van der Waals surface area (Å²) in [4.78, 5) is 15.4. The summed E-state index contributed by atoms with van der Waals surface area (Å²) in [6.45, 7) is 6.58. The van der Waals surface area contributed by atoms with Crippen molar-refractivity contribution < 1.29 is 18.5 Å². The van der Waals surface area contributed by atoms with Gasteiger partial charge < -0.3 is 14.4 Å². The monoisotopic (exact) mass is 560 g/mol. The SMILES string of the molecule is CO[C@H]1CCCCC/[SH](=O)=N\C(=O)c2ccc3c(c2)N(Cc2ccc(Cl)cc2CCCCO3)C[C@H](C)[C@H]1C. The van der Waals surface area contributed by atoms with Crippen LogP contribution < -0.4 is 9.64 Å². The molecule has 1 unspecified atom stereocenters. The van der Waals surface area contributed by atoms with Gasteiger partial charge in [-0.15, -0.1) is 0 Å². The highest BCUT2D eigenvalue weighted by atomic mass is 35.5. The number of fused-ring (bicyclic) bond motifs is 2. The zero-order valence-electron chi connectivity index (χ0n) is 22.8. The highest BCUT2D eigenvalue weighted by molar-refractivity contribution is 7.75. The van der Waals surface area contributed by atoms with Crippen LogP contribution in [0.25, 0.3) is 0 Å². The number of aryl methyl sites for hydroxylation is 1. The van der Waals surface area contributed by atoms with Gasteiger partial charge in [0.1, 0.15) is 5.75 Å². The average Bonchev–Trinajstić information content (AvgIpc) is 2.93. The molecule has 2 aromatic carbocycles. The molecule has 38 heavy (non-hydrogen) atoms. The fourth-order valence-electron chi connectivity index (χ4n) is 5.51. The van der Waals surface area contributed by atoms with Crippen LogP contribution in [0.3, 0.4) is 0 Å². The second kappa shape index (κ2) is 13.8. The van der Waals surface area contributed by atoms with Gasteiger partial charge in [-0.25, -0.2) is 0 Å². The lowest BCUT2D eigenvalue weighted by molar-refractivity contribution is 0.0309. The number of carbonyl (C=O) groups is 1. The second-order valence-corrected chi connectivity index (χ2v) is 12.5. The van der Waals surface area contributed by atoms with Crippen molar-refractivity contribution in [1.29, 1.82) is 0 Å². The molecule has 0 aromatic heterocycles. The Kier molecular flexibility index (Phi) is 10.5. The number of ether oxygens (including phenoxy) is 2. The van der Waals surface area contributed by atoms with E-state index in [1.54, 1.807) is 13.2 Å². The summed E-state index contributed by atoms with van der Waals surface area (Å²) in [6.07, 6.45) is 6.72. The topological polar surface area (TPSA) is 68.2 Å². The van der Waals surface area contributed by atoms with Crippen molar-refractivity contribution in [3.63, 3.8) is 0 Å². The van der Waals surface area contributed by atoms with Crippen LogP contribution in [0.15, 0.2) is 40.8 Å². The average molecular weight is 561 g/mol. The molecule has 2 aromatic rings. The Labute approximate surface area is 234 Å². The first-order chi connectivity index (χ1) is 18.4. The second-order valence-electron chi connectivity index (χ2n) is 10.7. The molecule has 8 heteroatoms. The van der Waals surface area contributed by atoms with Crippen LogP contribution in [0.4, 0.5) is 5.69 Å². The van der Waals surface area contributed by atoms with E-state index in [4.69, 9.17) is 21.1 Å². The van der Waals surface area contributed by atoms with E-state index in [1.165, 1.54) is 11.1 Å². The van der Waals surface area contributed by atoms with Crippen molar-refractivity contribution in [2.24, 2.45) is 16.2 Å². The first-order valence-corrected chi connectivity index (χ1v) is 15.7. The molecular formula is C30H41ClN2O4S. The highest BCUT2D eigenvalue weighted by Gasteiger charge is 2.27. The van der Waals surface area contributed by atoms with Crippen LogP contribution in [0.5, 0.6) is 5.75 Å². The number of amides is 1. The first kappa shape index (κ1) is 28.9. The molecule has 2 aliphatic rings. The van der Waals surface area contributed by atoms with Crippen molar-refractivity contribution >= 4 is 33.8 Å². The van der Waals surface area contributed by atoms with Gasteiger partial charge in [0.05, 0.1) is 18.4 Å². The van der Waals surface area contributed by atoms with Crippen LogP contribution in [-0.2, 0) is 28.3 Å². The molecule has 0 spiro atoms. The minimum absolute atomic E-state index is 0.148. The van der Waals surface area contributed by atoms with E-state index in [-0.39, 0.29) is 6.10 Å². The minimum atomic E-state index is -1.93. The summed E-state index contributed by atoms with van der Waals surface area (Å²) in [5.41, 5.74) is 3.78. The van der Waals surface area contributed by atoms with Gasteiger partial charge in [-0.1, -0.05) is 44.4 Å². The first-order valence-electron chi connectivity index (χ1n) is 13.9. The summed E-state index contributed by atoms with van der Waals surface area (Å²) in [5, 5.41) is 0.747. The number of hydrogen-bond acceptors (Lipinski definition) is 5. The molecule has 4 atom stereocenters. The van der Waals surface area contributed by atoms with Gasteiger partial charge in [0, 0.05) is 47.1 Å². The summed E-state index contributed by atoms with van der Waals surface area (Å²) < 4.78 is 28.8. The third-order valence-corrected chi connectivity index (χ3v) is 9.35. The van der Waals surface area contributed by atoms with Crippen LogP contribution in [-0.4, -0.2) is 42.2 Å². The molecule has 2 aliphatic heterocycles. The molecule has 2 bridgehead atoms. The van der Waals surface area contributed by atoms with E-state index in [0.29, 0.717) is 36.3 Å². The Bertz CT molecular complexity index is 1200. The maximum atomic E-state index is 13.0. The predicted molar refractivity (Wildman–Crippen MR) is 156 cm³/mol. The lowest BCUT2D eigenvalue weighted by Gasteiger charge is -2.35. The molecule has 0 N–H and O–H groups in total. The molecule has 4 rings (SSSR count). The van der Waals surface area contributed by atoms with E-state index in [1.807, 2.05) is 18.2 Å². The van der Waals surface area contributed by atoms with Crippen molar-refractivity contribution in [3.05, 3.63) is 58.1 Å². The Balaban J connectivity index is 1.81. The maximum Gasteiger partial charge on any atom is 0.284 e. The van der Waals surface area contributed by atoms with Gasteiger partial charge >= 0.3 is 0 Å². The Hall–Kier alpha value is -2.09. The Morgan fingerprint density at radius 3 is 2.71 bits per heavy atom. The Morgan fingerprint density at radius 1 is 1.05 bits per heavy atom. The fraction of sp³-hybridized carbons (Fsp3) is 0.567. The standard InChI is InChI=1S/C30H41ClN2O4S/c1-21-19-33-20-25-11-13-26(31)17-23(25)9-6-7-15-37-29-14-12-24(18-27(29)33)30(34)32-38(35)16-8-4-5-10-28(36-3)22(21)2/h11-14,17-18,21-22,28,38H,4-10,15-16,19-20H2,1-3H3/t21-,22+,28-/m0/s1. The molecule has 0 aliphatic carbocycles. The number of nitrogens with zero attached hydrogens (tertiary/aromatic N) is 2. The molecule has 208 valence electrons. The molecule has 0 saturated heterocycles. The van der Waals surface area contributed by atoms with Crippen LogP contribution >= 0.6 is 11.6 Å². The van der Waals surface area contributed by atoms with E-state index >= 15 is 0 Å². The predicted octanol–water partition coefficient (Wildman–Crippen LogP) is 6.73. The van der Waals surface area contributed by atoms with Crippen molar-refractivity contribution in [2.75, 3.05) is 30.9 Å². The highest BCUT2D eigenvalue weighted by Crippen LogP contribution is 2.35. The summed E-state index contributed by atoms with van der Waals surface area (Å²) in [6, 6.07) is 11.6. The molecular weight excluding hydrogens is 520 g/mol. The summed E-state index contributed by atoms with van der Waals surface area (Å²) >= 11 is 6.39. The molecule has 0 fully saturated rings. The number of anilines is 1. The number of benzene rings is 2. The summed E-state index contributed by atoms with van der Waals surface area (Å²) in [7, 11) is -0.127. The fourth-order valence-corrected chi connectivity index (χ4v) is 6.62. The number of rotatable bonds is 1. The molecule has 0 radical (unpaired) electrons. The van der Waals surface area contributed by atoms with Crippen molar-refractivity contribution in [1.82, 2.24) is 0 Å². The molecule has 0 saturated carbocycles. The van der Waals surface area contributed by atoms with Gasteiger partial charge in [0.25, 0.3) is 5.91 Å². The van der Waals surface area contributed by atoms with Crippen LogP contribution in [0.1, 0.15) is 73.9 Å². The molecule has 6 nitrogen and oxygen atoms in total. The lowest BCUT2D eigenvalue weighted by Crippen LogP contribution is -2.35. The number of carbonyl (C=O) groups excluding carboxylic acids is 1. The summed E-state index contributed by atoms with van der Waals surface area (Å²) in [5.74, 6) is 1.41. The van der Waals surface area contributed by atoms with Gasteiger partial charge in [-0.2, -0.15) is 4.36 Å². The van der Waals surface area contributed by atoms with Gasteiger partial charge in [-0.05, 0) is 85.4 Å². The van der Waals surface area contributed by atoms with E-state index < -0.39 is 16.5 Å².